The van der Waals surface area contributed by atoms with E-state index in [0.29, 0.717) is 12.1 Å². The Kier molecular flexibility index (Phi) is 5.39. The first-order valence-corrected chi connectivity index (χ1v) is 7.76. The predicted octanol–water partition coefficient (Wildman–Crippen LogP) is 4.12. The normalized spacial score (nSPS) is 10.2. The largest absolute Gasteiger partial charge is 0.381 e. The fourth-order valence-corrected chi connectivity index (χ4v) is 2.27. The van der Waals surface area contributed by atoms with E-state index in [4.69, 9.17) is 0 Å². The van der Waals surface area contributed by atoms with Gasteiger partial charge < -0.3 is 10.6 Å². The summed E-state index contributed by atoms with van der Waals surface area (Å²) < 4.78 is 1.12. The van der Waals surface area contributed by atoms with Gasteiger partial charge in [-0.05, 0) is 55.3 Å². The third kappa shape index (κ3) is 4.33. The lowest BCUT2D eigenvalue weighted by Crippen LogP contribution is -2.22. The minimum Gasteiger partial charge on any atom is -0.381 e. The zero-order valence-corrected chi connectivity index (χ0v) is 13.8. The van der Waals surface area contributed by atoms with Gasteiger partial charge in [-0.3, -0.25) is 4.79 Å². The molecule has 0 bridgehead atoms. The second kappa shape index (κ2) is 7.27. The SMILES string of the molecule is CCNC(=O)c1ccc(NCc2ccc(Br)c(C)c2)cc1. The van der Waals surface area contributed by atoms with Crippen molar-refractivity contribution < 1.29 is 4.79 Å². The van der Waals surface area contributed by atoms with E-state index in [1.54, 1.807) is 0 Å². The molecule has 0 aromatic heterocycles. The highest BCUT2D eigenvalue weighted by atomic mass is 79.9. The Labute approximate surface area is 133 Å². The molecule has 3 nitrogen and oxygen atoms in total. The van der Waals surface area contributed by atoms with Crippen LogP contribution in [0.2, 0.25) is 0 Å². The van der Waals surface area contributed by atoms with Gasteiger partial charge in [0.1, 0.15) is 0 Å². The number of nitrogens with one attached hydrogen (secondary N) is 2. The molecule has 21 heavy (non-hydrogen) atoms. The smallest absolute Gasteiger partial charge is 0.251 e. The van der Waals surface area contributed by atoms with E-state index in [1.807, 2.05) is 31.2 Å². The van der Waals surface area contributed by atoms with Gasteiger partial charge in [-0.15, -0.1) is 0 Å². The molecule has 0 saturated heterocycles. The van der Waals surface area contributed by atoms with E-state index < -0.39 is 0 Å². The second-order valence-corrected chi connectivity index (χ2v) is 5.73. The van der Waals surface area contributed by atoms with Crippen LogP contribution in [0.25, 0.3) is 0 Å². The van der Waals surface area contributed by atoms with E-state index >= 15 is 0 Å². The molecular formula is C17H19BrN2O. The Bertz CT molecular complexity index is 623. The van der Waals surface area contributed by atoms with Gasteiger partial charge in [0.25, 0.3) is 5.91 Å². The van der Waals surface area contributed by atoms with Crippen molar-refractivity contribution in [2.75, 3.05) is 11.9 Å². The summed E-state index contributed by atoms with van der Waals surface area (Å²) in [5.41, 5.74) is 4.13. The van der Waals surface area contributed by atoms with E-state index in [1.165, 1.54) is 11.1 Å². The summed E-state index contributed by atoms with van der Waals surface area (Å²) in [6, 6.07) is 13.8. The summed E-state index contributed by atoms with van der Waals surface area (Å²) in [6.07, 6.45) is 0. The van der Waals surface area contributed by atoms with Crippen LogP contribution in [0.15, 0.2) is 46.9 Å². The standard InChI is InChI=1S/C17H19BrN2O/c1-3-19-17(21)14-5-7-15(8-6-14)20-11-13-4-9-16(18)12(2)10-13/h4-10,20H,3,11H2,1-2H3,(H,19,21). The maximum absolute atomic E-state index is 11.7. The van der Waals surface area contributed by atoms with Crippen LogP contribution in [0.3, 0.4) is 0 Å². The van der Waals surface area contributed by atoms with Gasteiger partial charge in [0, 0.05) is 28.8 Å². The van der Waals surface area contributed by atoms with Crippen molar-refractivity contribution in [1.82, 2.24) is 5.32 Å². The van der Waals surface area contributed by atoms with Gasteiger partial charge in [-0.2, -0.15) is 0 Å². The molecule has 0 aliphatic heterocycles. The van der Waals surface area contributed by atoms with Gasteiger partial charge in [0.2, 0.25) is 0 Å². The molecule has 1 amide bonds. The Morgan fingerprint density at radius 3 is 2.48 bits per heavy atom. The maximum Gasteiger partial charge on any atom is 0.251 e. The molecule has 4 heteroatoms. The van der Waals surface area contributed by atoms with Crippen LogP contribution < -0.4 is 10.6 Å². The summed E-state index contributed by atoms with van der Waals surface area (Å²) in [6.45, 7) is 5.39. The average molecular weight is 347 g/mol. The molecular weight excluding hydrogens is 328 g/mol. The fraction of sp³-hybridized carbons (Fsp3) is 0.235. The zero-order chi connectivity index (χ0) is 15.2. The number of hydrogen-bond acceptors (Lipinski definition) is 2. The highest BCUT2D eigenvalue weighted by molar-refractivity contribution is 9.10. The van der Waals surface area contributed by atoms with Gasteiger partial charge in [-0.25, -0.2) is 0 Å². The zero-order valence-electron chi connectivity index (χ0n) is 12.2. The molecule has 0 fully saturated rings. The molecule has 2 aromatic carbocycles. The number of halogens is 1. The molecule has 2 rings (SSSR count). The molecule has 0 spiro atoms. The van der Waals surface area contributed by atoms with Crippen LogP contribution >= 0.6 is 15.9 Å². The van der Waals surface area contributed by atoms with E-state index in [2.05, 4.69) is 51.7 Å². The molecule has 2 aromatic rings. The van der Waals surface area contributed by atoms with Crippen LogP contribution in [-0.2, 0) is 6.54 Å². The summed E-state index contributed by atoms with van der Waals surface area (Å²) >= 11 is 3.50. The highest BCUT2D eigenvalue weighted by Gasteiger charge is 2.03. The molecule has 0 saturated carbocycles. The fourth-order valence-electron chi connectivity index (χ4n) is 2.02. The number of benzene rings is 2. The minimum absolute atomic E-state index is 0.0346. The second-order valence-electron chi connectivity index (χ2n) is 4.87. The first-order chi connectivity index (χ1) is 10.1. The molecule has 0 unspecified atom stereocenters. The maximum atomic E-state index is 11.7. The van der Waals surface area contributed by atoms with Crippen molar-refractivity contribution in [3.8, 4) is 0 Å². The monoisotopic (exact) mass is 346 g/mol. The van der Waals surface area contributed by atoms with Gasteiger partial charge in [0.15, 0.2) is 0 Å². The van der Waals surface area contributed by atoms with Crippen molar-refractivity contribution in [1.29, 1.82) is 0 Å². The van der Waals surface area contributed by atoms with Crippen molar-refractivity contribution in [3.05, 3.63) is 63.6 Å². The molecule has 0 radical (unpaired) electrons. The van der Waals surface area contributed by atoms with Crippen LogP contribution in [0.5, 0.6) is 0 Å². The number of anilines is 1. The van der Waals surface area contributed by atoms with Crippen molar-refractivity contribution in [2.24, 2.45) is 0 Å². The Morgan fingerprint density at radius 1 is 1.14 bits per heavy atom. The Balaban J connectivity index is 1.97. The number of amides is 1. The Morgan fingerprint density at radius 2 is 1.86 bits per heavy atom. The first kappa shape index (κ1) is 15.6. The molecule has 0 aliphatic carbocycles. The van der Waals surface area contributed by atoms with E-state index in [-0.39, 0.29) is 5.91 Å². The van der Waals surface area contributed by atoms with E-state index in [9.17, 15) is 4.79 Å². The van der Waals surface area contributed by atoms with Crippen LogP contribution in [0, 0.1) is 6.92 Å². The molecule has 2 N–H and O–H groups in total. The third-order valence-electron chi connectivity index (χ3n) is 3.20. The summed E-state index contributed by atoms with van der Waals surface area (Å²) in [5.74, 6) is -0.0346. The van der Waals surface area contributed by atoms with E-state index in [0.717, 1.165) is 16.7 Å². The molecule has 0 atom stereocenters. The molecule has 110 valence electrons. The van der Waals surface area contributed by atoms with Crippen molar-refractivity contribution >= 4 is 27.5 Å². The van der Waals surface area contributed by atoms with Crippen LogP contribution in [0.4, 0.5) is 5.69 Å². The van der Waals surface area contributed by atoms with Crippen LogP contribution in [-0.4, -0.2) is 12.5 Å². The number of carbonyl (C=O) groups excluding carboxylic acids is 1. The quantitative estimate of drug-likeness (QED) is 0.854. The number of aryl methyl sites for hydroxylation is 1. The third-order valence-corrected chi connectivity index (χ3v) is 4.09. The van der Waals surface area contributed by atoms with Gasteiger partial charge in [-0.1, -0.05) is 28.1 Å². The van der Waals surface area contributed by atoms with Gasteiger partial charge in [0.05, 0.1) is 0 Å². The Hall–Kier alpha value is -1.81. The number of rotatable bonds is 5. The van der Waals surface area contributed by atoms with Gasteiger partial charge >= 0.3 is 0 Å². The van der Waals surface area contributed by atoms with Crippen molar-refractivity contribution in [2.45, 2.75) is 20.4 Å². The lowest BCUT2D eigenvalue weighted by Gasteiger charge is -2.09. The lowest BCUT2D eigenvalue weighted by molar-refractivity contribution is 0.0956. The first-order valence-electron chi connectivity index (χ1n) is 6.97. The molecule has 0 heterocycles. The predicted molar refractivity (Wildman–Crippen MR) is 90.7 cm³/mol. The average Bonchev–Trinajstić information content (AvgIpc) is 2.49. The van der Waals surface area contributed by atoms with Crippen molar-refractivity contribution in [3.63, 3.8) is 0 Å². The summed E-state index contributed by atoms with van der Waals surface area (Å²) in [5, 5.41) is 6.15. The number of hydrogen-bond donors (Lipinski definition) is 2. The number of carbonyl (C=O) groups is 1. The molecule has 0 aliphatic rings. The minimum atomic E-state index is -0.0346. The topological polar surface area (TPSA) is 41.1 Å². The summed E-state index contributed by atoms with van der Waals surface area (Å²) in [7, 11) is 0. The lowest BCUT2D eigenvalue weighted by atomic mass is 10.1. The summed E-state index contributed by atoms with van der Waals surface area (Å²) in [4.78, 5) is 11.7. The highest BCUT2D eigenvalue weighted by Crippen LogP contribution is 2.18. The van der Waals surface area contributed by atoms with Crippen LogP contribution in [0.1, 0.15) is 28.4 Å².